The topological polar surface area (TPSA) is 55.8 Å². The molecule has 1 amide bonds. The summed E-state index contributed by atoms with van der Waals surface area (Å²) in [5.74, 6) is 0.239. The van der Waals surface area contributed by atoms with Crippen molar-refractivity contribution in [3.8, 4) is 5.75 Å². The molecule has 0 fully saturated rings. The number of hydrogen-bond donors (Lipinski definition) is 0. The van der Waals surface area contributed by atoms with Gasteiger partial charge in [0.2, 0.25) is 5.91 Å². The fraction of sp³-hybridized carbons (Fsp3) is 0.296. The highest BCUT2D eigenvalue weighted by Gasteiger charge is 2.45. The van der Waals surface area contributed by atoms with Gasteiger partial charge in [-0.15, -0.1) is 0 Å². The number of benzene rings is 2. The highest BCUT2D eigenvalue weighted by atomic mass is 32.2. The Balaban J connectivity index is 1.91. The predicted molar refractivity (Wildman–Crippen MR) is 150 cm³/mol. The fourth-order valence-electron chi connectivity index (χ4n) is 4.27. The first kappa shape index (κ1) is 25.5. The minimum atomic E-state index is -0.748. The van der Waals surface area contributed by atoms with E-state index in [1.54, 1.807) is 18.7 Å². The van der Waals surface area contributed by atoms with E-state index in [1.807, 2.05) is 69.3 Å². The van der Waals surface area contributed by atoms with E-state index in [0.29, 0.717) is 28.7 Å². The number of fused-ring (bicyclic) bond motifs is 1. The van der Waals surface area contributed by atoms with Crippen molar-refractivity contribution in [3.05, 3.63) is 68.8 Å². The monoisotopic (exact) mass is 525 g/mol. The Bertz CT molecular complexity index is 1260. The molecule has 0 bridgehead atoms. The van der Waals surface area contributed by atoms with Gasteiger partial charge in [-0.1, -0.05) is 66.1 Å². The van der Waals surface area contributed by atoms with Crippen molar-refractivity contribution in [2.24, 2.45) is 0 Å². The second-order valence-electron chi connectivity index (χ2n) is 8.47. The van der Waals surface area contributed by atoms with Crippen molar-refractivity contribution in [1.29, 1.82) is 0 Å². The van der Waals surface area contributed by atoms with E-state index in [2.05, 4.69) is 0 Å². The van der Waals surface area contributed by atoms with Crippen molar-refractivity contribution < 1.29 is 19.1 Å². The number of carbonyl (C=O) groups is 2. The third-order valence-corrected chi connectivity index (χ3v) is 9.07. The molecule has 4 rings (SSSR count). The third kappa shape index (κ3) is 4.67. The van der Waals surface area contributed by atoms with Gasteiger partial charge in [0.15, 0.2) is 0 Å². The SMILES string of the molecule is CCOC(=O)C1=C(c2ccccc2)SC(=C2C(=S)C(C)(C)N(C(C)=O)c3cc(OCC)ccc32)S1. The van der Waals surface area contributed by atoms with Crippen LogP contribution in [-0.2, 0) is 14.3 Å². The molecule has 0 N–H and O–H groups in total. The lowest BCUT2D eigenvalue weighted by atomic mass is 9.83. The molecule has 0 unspecified atom stereocenters. The first-order valence-corrected chi connectivity index (χ1v) is 13.4. The molecule has 182 valence electrons. The summed E-state index contributed by atoms with van der Waals surface area (Å²) < 4.78 is 12.0. The van der Waals surface area contributed by atoms with Crippen molar-refractivity contribution >= 4 is 68.6 Å². The summed E-state index contributed by atoms with van der Waals surface area (Å²) in [7, 11) is 0. The second-order valence-corrected chi connectivity index (χ2v) is 11.2. The van der Waals surface area contributed by atoms with Crippen molar-refractivity contribution in [2.45, 2.75) is 40.2 Å². The van der Waals surface area contributed by atoms with E-state index >= 15 is 0 Å². The van der Waals surface area contributed by atoms with Gasteiger partial charge < -0.3 is 14.4 Å². The summed E-state index contributed by atoms with van der Waals surface area (Å²) in [6.07, 6.45) is 0. The molecule has 5 nitrogen and oxygen atoms in total. The van der Waals surface area contributed by atoms with Crippen LogP contribution < -0.4 is 9.64 Å². The Hall–Kier alpha value is -2.55. The van der Waals surface area contributed by atoms with Crippen LogP contribution in [0.5, 0.6) is 5.75 Å². The molecular formula is C27H27NO4S3. The lowest BCUT2D eigenvalue weighted by Crippen LogP contribution is -2.55. The summed E-state index contributed by atoms with van der Waals surface area (Å²) in [5.41, 5.74) is 2.66. The van der Waals surface area contributed by atoms with E-state index in [-0.39, 0.29) is 11.9 Å². The number of esters is 1. The number of ether oxygens (including phenoxy) is 2. The van der Waals surface area contributed by atoms with Crippen LogP contribution in [0.15, 0.2) is 57.7 Å². The summed E-state index contributed by atoms with van der Waals surface area (Å²) in [6, 6.07) is 15.6. The Labute approximate surface area is 219 Å². The number of thioether (sulfide) groups is 2. The maximum Gasteiger partial charge on any atom is 0.346 e. The molecular weight excluding hydrogens is 499 g/mol. The highest BCUT2D eigenvalue weighted by Crippen LogP contribution is 2.58. The number of thiocarbonyl (C=S) groups is 1. The number of amides is 1. The van der Waals surface area contributed by atoms with E-state index in [1.165, 1.54) is 23.5 Å². The van der Waals surface area contributed by atoms with Crippen LogP contribution in [0.2, 0.25) is 0 Å². The Morgan fingerprint density at radius 3 is 2.37 bits per heavy atom. The summed E-state index contributed by atoms with van der Waals surface area (Å²) in [4.78, 5) is 29.5. The molecule has 0 saturated carbocycles. The molecule has 2 aromatic rings. The highest BCUT2D eigenvalue weighted by molar-refractivity contribution is 8.32. The summed E-state index contributed by atoms with van der Waals surface area (Å²) in [6.45, 7) is 10.00. The minimum absolute atomic E-state index is 0.0988. The van der Waals surface area contributed by atoms with Crippen LogP contribution >= 0.6 is 35.7 Å². The standard InChI is InChI=1S/C27H27NO4S3/c1-6-31-18-13-14-19-20(15-18)28(16(3)29)27(4,5)24(33)21(19)26-34-22(17-11-9-8-10-12-17)23(35-26)25(30)32-7-2/h8-15H,6-7H2,1-5H3. The van der Waals surface area contributed by atoms with Gasteiger partial charge in [-0.25, -0.2) is 4.79 Å². The van der Waals surface area contributed by atoms with Crippen LogP contribution in [0.1, 0.15) is 45.7 Å². The van der Waals surface area contributed by atoms with E-state index in [9.17, 15) is 9.59 Å². The minimum Gasteiger partial charge on any atom is -0.494 e. The molecule has 8 heteroatoms. The van der Waals surface area contributed by atoms with Crippen LogP contribution in [0.3, 0.4) is 0 Å². The van der Waals surface area contributed by atoms with Gasteiger partial charge in [-0.05, 0) is 45.4 Å². The molecule has 35 heavy (non-hydrogen) atoms. The van der Waals surface area contributed by atoms with Gasteiger partial charge in [0.25, 0.3) is 0 Å². The first-order chi connectivity index (χ1) is 16.7. The molecule has 0 saturated heterocycles. The third-order valence-electron chi connectivity index (χ3n) is 5.74. The molecule has 0 aliphatic carbocycles. The molecule has 0 atom stereocenters. The molecule has 0 spiro atoms. The Morgan fingerprint density at radius 2 is 1.74 bits per heavy atom. The zero-order valence-electron chi connectivity index (χ0n) is 20.3. The molecule has 2 aliphatic rings. The van der Waals surface area contributed by atoms with Gasteiger partial charge in [0.05, 0.1) is 33.5 Å². The van der Waals surface area contributed by atoms with Crippen LogP contribution in [-0.4, -0.2) is 35.5 Å². The molecule has 2 heterocycles. The van der Waals surface area contributed by atoms with Crippen molar-refractivity contribution in [3.63, 3.8) is 0 Å². The van der Waals surface area contributed by atoms with Gasteiger partial charge in [0.1, 0.15) is 10.7 Å². The number of nitrogens with zero attached hydrogens (tertiary/aromatic N) is 1. The zero-order chi connectivity index (χ0) is 25.3. The zero-order valence-corrected chi connectivity index (χ0v) is 22.8. The summed E-state index contributed by atoms with van der Waals surface area (Å²) in [5, 5.41) is 0. The smallest absolute Gasteiger partial charge is 0.346 e. The van der Waals surface area contributed by atoms with Gasteiger partial charge >= 0.3 is 5.97 Å². The fourth-order valence-corrected chi connectivity index (χ4v) is 7.40. The Kier molecular flexibility index (Phi) is 7.45. The average Bonchev–Trinajstić information content (AvgIpc) is 3.26. The molecule has 0 radical (unpaired) electrons. The normalized spacial score (nSPS) is 19.0. The van der Waals surface area contributed by atoms with E-state index in [4.69, 9.17) is 21.7 Å². The lowest BCUT2D eigenvalue weighted by molar-refractivity contribution is -0.137. The predicted octanol–water partition coefficient (Wildman–Crippen LogP) is 6.68. The van der Waals surface area contributed by atoms with Crippen molar-refractivity contribution in [2.75, 3.05) is 18.1 Å². The largest absolute Gasteiger partial charge is 0.494 e. The molecule has 2 aliphatic heterocycles. The number of rotatable bonds is 5. The first-order valence-electron chi connectivity index (χ1n) is 11.4. The summed E-state index contributed by atoms with van der Waals surface area (Å²) >= 11 is 8.93. The molecule has 2 aromatic carbocycles. The van der Waals surface area contributed by atoms with Crippen LogP contribution in [0, 0.1) is 0 Å². The van der Waals surface area contributed by atoms with E-state index < -0.39 is 5.54 Å². The van der Waals surface area contributed by atoms with Gasteiger partial charge in [-0.2, -0.15) is 0 Å². The van der Waals surface area contributed by atoms with Gasteiger partial charge in [-0.3, -0.25) is 4.79 Å². The number of anilines is 1. The maximum absolute atomic E-state index is 12.9. The maximum atomic E-state index is 12.9. The van der Waals surface area contributed by atoms with Crippen LogP contribution in [0.4, 0.5) is 5.69 Å². The number of carbonyl (C=O) groups excluding carboxylic acids is 2. The lowest BCUT2D eigenvalue weighted by Gasteiger charge is -2.45. The number of hydrogen-bond acceptors (Lipinski definition) is 7. The van der Waals surface area contributed by atoms with Crippen molar-refractivity contribution in [1.82, 2.24) is 0 Å². The van der Waals surface area contributed by atoms with Crippen LogP contribution in [0.25, 0.3) is 10.5 Å². The molecule has 0 aromatic heterocycles. The Morgan fingerprint density at radius 1 is 1.03 bits per heavy atom. The second kappa shape index (κ2) is 10.2. The van der Waals surface area contributed by atoms with E-state index in [0.717, 1.165) is 31.5 Å². The van der Waals surface area contributed by atoms with Gasteiger partial charge in [0, 0.05) is 29.0 Å². The quantitative estimate of drug-likeness (QED) is 0.245. The average molecular weight is 526 g/mol.